The van der Waals surface area contributed by atoms with Gasteiger partial charge in [-0.2, -0.15) is 0 Å². The summed E-state index contributed by atoms with van der Waals surface area (Å²) in [5.74, 6) is 0.725. The first-order chi connectivity index (χ1) is 8.51. The van der Waals surface area contributed by atoms with Crippen molar-refractivity contribution in [2.24, 2.45) is 16.8 Å². The van der Waals surface area contributed by atoms with Crippen molar-refractivity contribution in [1.29, 1.82) is 0 Å². The second-order valence-corrected chi connectivity index (χ2v) is 4.65. The van der Waals surface area contributed by atoms with Crippen molar-refractivity contribution in [3.63, 3.8) is 0 Å². The zero-order valence-electron chi connectivity index (χ0n) is 11.6. The largest absolute Gasteiger partial charge is 0.409 e. The minimum Gasteiger partial charge on any atom is -0.409 e. The third-order valence-corrected chi connectivity index (χ3v) is 2.62. The monoisotopic (exact) mass is 259 g/mol. The number of ether oxygens (including phenoxy) is 1. The highest BCUT2D eigenvalue weighted by Crippen LogP contribution is 2.07. The highest BCUT2D eigenvalue weighted by atomic mass is 16.5. The lowest BCUT2D eigenvalue weighted by atomic mass is 10.1. The third kappa shape index (κ3) is 7.89. The molecule has 3 N–H and O–H groups in total. The van der Waals surface area contributed by atoms with Crippen LogP contribution < -0.4 is 5.73 Å². The van der Waals surface area contributed by atoms with E-state index in [4.69, 9.17) is 15.7 Å². The molecule has 0 unspecified atom stereocenters. The molecule has 0 spiro atoms. The SMILES string of the molecule is COCCN(CCC(N)=NO)C(=O)CCC(C)C. The van der Waals surface area contributed by atoms with Gasteiger partial charge in [-0.15, -0.1) is 0 Å². The van der Waals surface area contributed by atoms with E-state index in [0.717, 1.165) is 6.42 Å². The van der Waals surface area contributed by atoms with Gasteiger partial charge in [-0.05, 0) is 12.3 Å². The van der Waals surface area contributed by atoms with Crippen LogP contribution in [0.2, 0.25) is 0 Å². The van der Waals surface area contributed by atoms with Crippen LogP contribution in [0.3, 0.4) is 0 Å². The molecule has 0 aliphatic carbocycles. The van der Waals surface area contributed by atoms with E-state index in [1.165, 1.54) is 0 Å². The molecule has 18 heavy (non-hydrogen) atoms. The number of methoxy groups -OCH3 is 1. The molecule has 0 aromatic carbocycles. The minimum atomic E-state index is 0.0893. The van der Waals surface area contributed by atoms with E-state index >= 15 is 0 Å². The van der Waals surface area contributed by atoms with Crippen LogP contribution in [0.1, 0.15) is 33.1 Å². The first kappa shape index (κ1) is 16.7. The molecular formula is C12H25N3O3. The Balaban J connectivity index is 4.23. The Bertz CT molecular complexity index is 267. The number of rotatable bonds is 9. The van der Waals surface area contributed by atoms with Gasteiger partial charge in [0.2, 0.25) is 5.91 Å². The molecule has 0 aliphatic rings. The number of amides is 1. The van der Waals surface area contributed by atoms with Crippen molar-refractivity contribution in [3.8, 4) is 0 Å². The van der Waals surface area contributed by atoms with E-state index in [1.54, 1.807) is 12.0 Å². The van der Waals surface area contributed by atoms with Crippen molar-refractivity contribution in [3.05, 3.63) is 0 Å². The van der Waals surface area contributed by atoms with Gasteiger partial charge in [0.05, 0.1) is 6.61 Å². The van der Waals surface area contributed by atoms with Crippen LogP contribution in [0.25, 0.3) is 0 Å². The summed E-state index contributed by atoms with van der Waals surface area (Å²) in [4.78, 5) is 13.7. The molecular weight excluding hydrogens is 234 g/mol. The molecule has 6 nitrogen and oxygen atoms in total. The number of oxime groups is 1. The summed E-state index contributed by atoms with van der Waals surface area (Å²) in [6.45, 7) is 5.65. The predicted molar refractivity (Wildman–Crippen MR) is 70.6 cm³/mol. The summed E-state index contributed by atoms with van der Waals surface area (Å²) >= 11 is 0. The third-order valence-electron chi connectivity index (χ3n) is 2.62. The van der Waals surface area contributed by atoms with Crippen LogP contribution in [-0.4, -0.2) is 48.7 Å². The lowest BCUT2D eigenvalue weighted by Gasteiger charge is -2.22. The fraction of sp³-hybridized carbons (Fsp3) is 0.833. The van der Waals surface area contributed by atoms with Crippen LogP contribution >= 0.6 is 0 Å². The molecule has 0 saturated carbocycles. The van der Waals surface area contributed by atoms with Gasteiger partial charge in [0.1, 0.15) is 5.84 Å². The number of nitrogens with two attached hydrogens (primary N) is 1. The standard InChI is InChI=1S/C12H25N3O3/c1-10(2)4-5-12(16)15(8-9-18-3)7-6-11(13)14-17/h10,17H,4-9H2,1-3H3,(H2,13,14). The molecule has 0 saturated heterocycles. The molecule has 0 fully saturated rings. The topological polar surface area (TPSA) is 88.2 Å². The lowest BCUT2D eigenvalue weighted by molar-refractivity contribution is -0.132. The maximum absolute atomic E-state index is 12.0. The maximum Gasteiger partial charge on any atom is 0.222 e. The Morgan fingerprint density at radius 1 is 1.39 bits per heavy atom. The van der Waals surface area contributed by atoms with Crippen molar-refractivity contribution in [1.82, 2.24) is 4.90 Å². The summed E-state index contributed by atoms with van der Waals surface area (Å²) in [6.07, 6.45) is 1.76. The van der Waals surface area contributed by atoms with Crippen LogP contribution in [0.15, 0.2) is 5.16 Å². The molecule has 0 aromatic heterocycles. The first-order valence-electron chi connectivity index (χ1n) is 6.24. The van der Waals surface area contributed by atoms with Gasteiger partial charge in [0.25, 0.3) is 0 Å². The van der Waals surface area contributed by atoms with E-state index in [0.29, 0.717) is 38.5 Å². The fourth-order valence-electron chi connectivity index (χ4n) is 1.43. The molecule has 106 valence electrons. The average Bonchev–Trinajstić information content (AvgIpc) is 2.35. The second-order valence-electron chi connectivity index (χ2n) is 4.65. The highest BCUT2D eigenvalue weighted by molar-refractivity contribution is 5.81. The van der Waals surface area contributed by atoms with Crippen LogP contribution in [0.5, 0.6) is 0 Å². The van der Waals surface area contributed by atoms with Crippen LogP contribution in [-0.2, 0) is 9.53 Å². The van der Waals surface area contributed by atoms with Crippen molar-refractivity contribution >= 4 is 11.7 Å². The summed E-state index contributed by atoms with van der Waals surface area (Å²) in [5, 5.41) is 11.4. The molecule has 0 bridgehead atoms. The number of carbonyl (C=O) groups is 1. The molecule has 6 heteroatoms. The molecule has 0 rings (SSSR count). The van der Waals surface area contributed by atoms with E-state index in [1.807, 2.05) is 0 Å². The molecule has 1 amide bonds. The Morgan fingerprint density at radius 2 is 2.06 bits per heavy atom. The number of hydrogen-bond donors (Lipinski definition) is 2. The number of nitrogens with zero attached hydrogens (tertiary/aromatic N) is 2. The second kappa shape index (κ2) is 9.70. The van der Waals surface area contributed by atoms with Crippen molar-refractivity contribution in [2.45, 2.75) is 33.1 Å². The molecule has 0 aliphatic heterocycles. The average molecular weight is 259 g/mol. The summed E-state index contributed by atoms with van der Waals surface area (Å²) < 4.78 is 4.98. The summed E-state index contributed by atoms with van der Waals surface area (Å²) in [7, 11) is 1.60. The quantitative estimate of drug-likeness (QED) is 0.280. The molecule has 0 atom stereocenters. The van der Waals surface area contributed by atoms with Crippen LogP contribution in [0.4, 0.5) is 0 Å². The lowest BCUT2D eigenvalue weighted by Crippen LogP contribution is -2.36. The van der Waals surface area contributed by atoms with Crippen LogP contribution in [0, 0.1) is 5.92 Å². The number of carbonyl (C=O) groups excluding carboxylic acids is 1. The van der Waals surface area contributed by atoms with Gasteiger partial charge in [0, 0.05) is 33.0 Å². The van der Waals surface area contributed by atoms with E-state index < -0.39 is 0 Å². The maximum atomic E-state index is 12.0. The van der Waals surface area contributed by atoms with E-state index in [-0.39, 0.29) is 11.7 Å². The molecule has 0 aromatic rings. The smallest absolute Gasteiger partial charge is 0.222 e. The summed E-state index contributed by atoms with van der Waals surface area (Å²) in [5.41, 5.74) is 5.40. The van der Waals surface area contributed by atoms with Crippen molar-refractivity contribution in [2.75, 3.05) is 26.8 Å². The zero-order chi connectivity index (χ0) is 14.0. The Kier molecular flexibility index (Phi) is 9.00. The van der Waals surface area contributed by atoms with Gasteiger partial charge in [-0.25, -0.2) is 0 Å². The van der Waals surface area contributed by atoms with Gasteiger partial charge >= 0.3 is 0 Å². The van der Waals surface area contributed by atoms with Gasteiger partial charge in [-0.3, -0.25) is 4.79 Å². The zero-order valence-corrected chi connectivity index (χ0v) is 11.6. The van der Waals surface area contributed by atoms with E-state index in [9.17, 15) is 4.79 Å². The predicted octanol–water partition coefficient (Wildman–Crippen LogP) is 1.03. The Morgan fingerprint density at radius 3 is 2.56 bits per heavy atom. The van der Waals surface area contributed by atoms with Gasteiger partial charge < -0.3 is 20.6 Å². The molecule has 0 radical (unpaired) electrons. The van der Waals surface area contributed by atoms with Crippen molar-refractivity contribution < 1.29 is 14.7 Å². The van der Waals surface area contributed by atoms with Gasteiger partial charge in [0.15, 0.2) is 0 Å². The minimum absolute atomic E-state index is 0.0893. The number of amidine groups is 1. The normalized spacial score (nSPS) is 11.9. The Hall–Kier alpha value is -1.30. The Labute approximate surface area is 109 Å². The summed E-state index contributed by atoms with van der Waals surface area (Å²) in [6, 6.07) is 0. The fourth-order valence-corrected chi connectivity index (χ4v) is 1.43. The molecule has 0 heterocycles. The highest BCUT2D eigenvalue weighted by Gasteiger charge is 2.14. The van der Waals surface area contributed by atoms with E-state index in [2.05, 4.69) is 19.0 Å². The first-order valence-corrected chi connectivity index (χ1v) is 6.24. The van der Waals surface area contributed by atoms with Gasteiger partial charge in [-0.1, -0.05) is 19.0 Å². The number of hydrogen-bond acceptors (Lipinski definition) is 4.